The highest BCUT2D eigenvalue weighted by Gasteiger charge is 2.19. The summed E-state index contributed by atoms with van der Waals surface area (Å²) >= 11 is 0. The molecular weight excluding hydrogens is 552 g/mol. The van der Waals surface area contributed by atoms with Crippen LogP contribution in [0.4, 0.5) is 0 Å². The summed E-state index contributed by atoms with van der Waals surface area (Å²) in [4.78, 5) is 36.8. The van der Waals surface area contributed by atoms with Gasteiger partial charge in [0.15, 0.2) is 11.6 Å². The number of benzene rings is 4. The van der Waals surface area contributed by atoms with Gasteiger partial charge in [-0.3, -0.25) is 18.7 Å². The zero-order valence-corrected chi connectivity index (χ0v) is 23.7. The Morgan fingerprint density at radius 1 is 0.523 bits per heavy atom. The van der Waals surface area contributed by atoms with Crippen molar-refractivity contribution < 1.29 is 0 Å². The van der Waals surface area contributed by atoms with E-state index < -0.39 is 0 Å². The average Bonchev–Trinajstić information content (AvgIpc) is 3.40. The lowest BCUT2D eigenvalue weighted by Crippen LogP contribution is -2.30. The van der Waals surface area contributed by atoms with Gasteiger partial charge in [0.05, 0.1) is 35.2 Å². The van der Waals surface area contributed by atoms with Gasteiger partial charge in [-0.25, -0.2) is 14.6 Å². The molecule has 216 valence electrons. The molecule has 0 amide bonds. The minimum atomic E-state index is -0.223. The summed E-state index contributed by atoms with van der Waals surface area (Å²) in [7, 11) is 0. The van der Waals surface area contributed by atoms with Crippen LogP contribution in [-0.4, -0.2) is 34.0 Å². The molecule has 10 nitrogen and oxygen atoms in total. The highest BCUT2D eigenvalue weighted by molar-refractivity contribution is 5.75. The molecule has 3 heterocycles. The van der Waals surface area contributed by atoms with Gasteiger partial charge >= 0.3 is 0 Å². The maximum Gasteiger partial charge on any atom is 0.273 e. The van der Waals surface area contributed by atoms with E-state index in [0.717, 1.165) is 11.1 Å². The Kier molecular flexibility index (Phi) is 6.99. The molecule has 0 unspecified atom stereocenters. The molecule has 0 saturated heterocycles. The number of nitrogens with zero attached hydrogens (tertiary/aromatic N) is 7. The minimum absolute atomic E-state index is 0.0818. The van der Waals surface area contributed by atoms with Gasteiger partial charge in [0, 0.05) is 12.8 Å². The van der Waals surface area contributed by atoms with Gasteiger partial charge in [0.2, 0.25) is 0 Å². The quantitative estimate of drug-likeness (QED) is 0.272. The Bertz CT molecular complexity index is 2080. The molecule has 4 aromatic carbocycles. The zero-order chi connectivity index (χ0) is 30.0. The van der Waals surface area contributed by atoms with E-state index in [4.69, 9.17) is 5.84 Å². The van der Waals surface area contributed by atoms with Crippen molar-refractivity contribution in [2.75, 3.05) is 5.84 Å². The molecule has 0 saturated carbocycles. The fraction of sp³-hybridized carbons (Fsp3) is 0.118. The predicted octanol–water partition coefficient (Wildman–Crippen LogP) is 3.69. The largest absolute Gasteiger partial charge is 0.336 e. The number of fused-ring (bicyclic) bond motifs is 2. The topological polar surface area (TPSA) is 127 Å². The van der Waals surface area contributed by atoms with Crippen molar-refractivity contribution in [2.24, 2.45) is 0 Å². The summed E-state index contributed by atoms with van der Waals surface area (Å²) in [5, 5.41) is 8.69. The number of para-hydroxylation sites is 4. The van der Waals surface area contributed by atoms with Gasteiger partial charge in [-0.15, -0.1) is 10.2 Å². The lowest BCUT2D eigenvalue weighted by Gasteiger charge is -2.13. The van der Waals surface area contributed by atoms with Crippen molar-refractivity contribution >= 4 is 22.1 Å². The number of aromatic nitrogens is 7. The van der Waals surface area contributed by atoms with Gasteiger partial charge in [-0.05, 0) is 35.4 Å². The minimum Gasteiger partial charge on any atom is -0.336 e. The molecule has 0 aliphatic carbocycles. The highest BCUT2D eigenvalue weighted by atomic mass is 16.1. The third-order valence-corrected chi connectivity index (χ3v) is 7.70. The van der Waals surface area contributed by atoms with Crippen molar-refractivity contribution in [3.8, 4) is 0 Å². The molecule has 0 fully saturated rings. The summed E-state index contributed by atoms with van der Waals surface area (Å²) in [6.45, 7) is 0.164. The van der Waals surface area contributed by atoms with Gasteiger partial charge in [0.25, 0.3) is 11.1 Å². The van der Waals surface area contributed by atoms with Crippen molar-refractivity contribution in [3.05, 3.63) is 164 Å². The van der Waals surface area contributed by atoms with E-state index in [9.17, 15) is 9.59 Å². The standard InChI is InChI=1S/C34H28N8O2/c35-42-31(21-40-29-17-9-7-15-25(29)36-27(33(40)43)19-23-11-3-1-4-12-23)38-39-32(42)22-41-30-18-10-8-16-26(30)37-28(34(41)44)20-24-13-5-2-6-14-24/h1-18H,19-22,35H2. The van der Waals surface area contributed by atoms with Gasteiger partial charge in [-0.1, -0.05) is 84.9 Å². The maximum absolute atomic E-state index is 13.7. The summed E-state index contributed by atoms with van der Waals surface area (Å²) in [5.74, 6) is 7.29. The number of hydrogen-bond acceptors (Lipinski definition) is 7. The molecule has 0 atom stereocenters. The summed E-state index contributed by atoms with van der Waals surface area (Å²) in [6.07, 6.45) is 0.794. The monoisotopic (exact) mass is 580 g/mol. The van der Waals surface area contributed by atoms with Gasteiger partial charge in [0.1, 0.15) is 11.4 Å². The summed E-state index contributed by atoms with van der Waals surface area (Å²) in [5.41, 5.74) is 5.12. The molecule has 7 aromatic rings. The maximum atomic E-state index is 13.7. The van der Waals surface area contributed by atoms with E-state index in [-0.39, 0.29) is 24.2 Å². The highest BCUT2D eigenvalue weighted by Crippen LogP contribution is 2.16. The van der Waals surface area contributed by atoms with Crippen LogP contribution >= 0.6 is 0 Å². The summed E-state index contributed by atoms with van der Waals surface area (Å²) < 4.78 is 4.62. The Morgan fingerprint density at radius 3 is 1.34 bits per heavy atom. The third kappa shape index (κ3) is 5.13. The number of hydrogen-bond donors (Lipinski definition) is 1. The first kappa shape index (κ1) is 27.0. The second-order valence-electron chi connectivity index (χ2n) is 10.6. The second kappa shape index (κ2) is 11.4. The molecule has 44 heavy (non-hydrogen) atoms. The zero-order valence-electron chi connectivity index (χ0n) is 23.7. The molecule has 0 aliphatic heterocycles. The fourth-order valence-electron chi connectivity index (χ4n) is 5.47. The summed E-state index contributed by atoms with van der Waals surface area (Å²) in [6, 6.07) is 34.5. The van der Waals surface area contributed by atoms with Crippen LogP contribution in [0.25, 0.3) is 22.1 Å². The van der Waals surface area contributed by atoms with E-state index in [1.165, 1.54) is 4.68 Å². The van der Waals surface area contributed by atoms with Crippen molar-refractivity contribution in [3.63, 3.8) is 0 Å². The van der Waals surface area contributed by atoms with Crippen LogP contribution in [0.2, 0.25) is 0 Å². The molecule has 3 aromatic heterocycles. The molecule has 2 N–H and O–H groups in total. The normalized spacial score (nSPS) is 11.4. The van der Waals surface area contributed by atoms with Crippen molar-refractivity contribution in [1.82, 2.24) is 34.0 Å². The van der Waals surface area contributed by atoms with Gasteiger partial charge < -0.3 is 5.84 Å². The Morgan fingerprint density at radius 2 is 0.909 bits per heavy atom. The van der Waals surface area contributed by atoms with Crippen LogP contribution in [-0.2, 0) is 25.9 Å². The van der Waals surface area contributed by atoms with Crippen molar-refractivity contribution in [2.45, 2.75) is 25.9 Å². The van der Waals surface area contributed by atoms with Crippen molar-refractivity contribution in [1.29, 1.82) is 0 Å². The first-order valence-electron chi connectivity index (χ1n) is 14.3. The molecular formula is C34H28N8O2. The van der Waals surface area contributed by atoms with Crippen LogP contribution in [0, 0.1) is 0 Å². The van der Waals surface area contributed by atoms with Gasteiger partial charge in [-0.2, -0.15) is 0 Å². The van der Waals surface area contributed by atoms with Crippen LogP contribution in [0.1, 0.15) is 34.2 Å². The molecule has 0 spiro atoms. The molecule has 0 bridgehead atoms. The van der Waals surface area contributed by atoms with E-state index >= 15 is 0 Å². The molecule has 10 heteroatoms. The van der Waals surface area contributed by atoms with Crippen LogP contribution in [0.5, 0.6) is 0 Å². The smallest absolute Gasteiger partial charge is 0.273 e. The van der Waals surface area contributed by atoms with E-state index in [2.05, 4.69) is 20.2 Å². The first-order chi connectivity index (χ1) is 21.5. The van der Waals surface area contributed by atoms with E-state index in [0.29, 0.717) is 57.9 Å². The van der Waals surface area contributed by atoms with Crippen LogP contribution in [0.3, 0.4) is 0 Å². The third-order valence-electron chi connectivity index (χ3n) is 7.70. The van der Waals surface area contributed by atoms with E-state index in [1.54, 1.807) is 9.13 Å². The lowest BCUT2D eigenvalue weighted by molar-refractivity contribution is 0.670. The predicted molar refractivity (Wildman–Crippen MR) is 169 cm³/mol. The Labute approximate surface area is 251 Å². The fourth-order valence-corrected chi connectivity index (χ4v) is 5.47. The average molecular weight is 581 g/mol. The Balaban J connectivity index is 1.25. The number of nitrogens with two attached hydrogens (primary N) is 1. The van der Waals surface area contributed by atoms with Crippen LogP contribution < -0.4 is 17.0 Å². The SMILES string of the molecule is Nn1c(Cn2c(=O)c(Cc3ccccc3)nc3ccccc32)nnc1Cn1c(=O)c(Cc2ccccc2)nc2ccccc21. The molecule has 0 aliphatic rings. The number of rotatable bonds is 8. The number of nitrogen functional groups attached to an aromatic ring is 1. The lowest BCUT2D eigenvalue weighted by atomic mass is 10.1. The van der Waals surface area contributed by atoms with Crippen LogP contribution in [0.15, 0.2) is 119 Å². The molecule has 7 rings (SSSR count). The Hall–Kier alpha value is -5.90. The molecule has 0 radical (unpaired) electrons. The van der Waals surface area contributed by atoms with E-state index in [1.807, 2.05) is 109 Å². The second-order valence-corrected chi connectivity index (χ2v) is 10.6. The first-order valence-corrected chi connectivity index (χ1v) is 14.3.